The fourth-order valence-corrected chi connectivity index (χ4v) is 3.42. The minimum absolute atomic E-state index is 0.102. The first kappa shape index (κ1) is 17.9. The normalized spacial score (nSPS) is 19.3. The third-order valence-corrected chi connectivity index (χ3v) is 5.04. The number of anilines is 1. The molecule has 0 bridgehead atoms. The summed E-state index contributed by atoms with van der Waals surface area (Å²) >= 11 is 0. The zero-order chi connectivity index (χ0) is 17.9. The second-order valence-electron chi connectivity index (χ2n) is 7.29. The second kappa shape index (κ2) is 7.54. The number of hydrogen-bond acceptors (Lipinski definition) is 4. The number of nitrogens with one attached hydrogen (secondary N) is 1. The molecule has 1 aromatic carbocycles. The number of carbonyl (C=O) groups excluding carboxylic acids is 2. The molecule has 2 amide bonds. The highest BCUT2D eigenvalue weighted by Crippen LogP contribution is 2.22. The molecule has 0 atom stereocenters. The lowest BCUT2D eigenvalue weighted by atomic mass is 10.0. The standard InChI is InChI=1S/C19H27N3O3/c1-19(2,21-9-11-25-12-10-21)14-20-18(24)15-5-3-6-16(13-15)22-8-4-7-17(22)23/h3,5-6,13H,4,7-12,14H2,1-2H3,(H,20,24). The predicted molar refractivity (Wildman–Crippen MR) is 96.8 cm³/mol. The van der Waals surface area contributed by atoms with Crippen molar-refractivity contribution in [2.45, 2.75) is 32.2 Å². The van der Waals surface area contributed by atoms with Gasteiger partial charge in [0.2, 0.25) is 5.91 Å². The largest absolute Gasteiger partial charge is 0.379 e. The Bertz CT molecular complexity index is 639. The molecule has 0 spiro atoms. The molecule has 1 aromatic rings. The summed E-state index contributed by atoms with van der Waals surface area (Å²) in [7, 11) is 0. The van der Waals surface area contributed by atoms with Gasteiger partial charge >= 0.3 is 0 Å². The van der Waals surface area contributed by atoms with Gasteiger partial charge in [0.05, 0.1) is 13.2 Å². The van der Waals surface area contributed by atoms with E-state index in [1.165, 1.54) is 0 Å². The molecule has 2 aliphatic heterocycles. The third-order valence-electron chi connectivity index (χ3n) is 5.04. The average Bonchev–Trinajstić information content (AvgIpc) is 3.06. The number of hydrogen-bond donors (Lipinski definition) is 1. The Balaban J connectivity index is 1.62. The van der Waals surface area contributed by atoms with Crippen molar-refractivity contribution >= 4 is 17.5 Å². The number of ether oxygens (including phenoxy) is 1. The van der Waals surface area contributed by atoms with E-state index in [1.54, 1.807) is 17.0 Å². The lowest BCUT2D eigenvalue weighted by Crippen LogP contribution is -2.55. The van der Waals surface area contributed by atoms with Crippen LogP contribution < -0.4 is 10.2 Å². The summed E-state index contributed by atoms with van der Waals surface area (Å²) < 4.78 is 5.40. The van der Waals surface area contributed by atoms with Crippen LogP contribution >= 0.6 is 0 Å². The van der Waals surface area contributed by atoms with E-state index in [9.17, 15) is 9.59 Å². The maximum atomic E-state index is 12.6. The Morgan fingerprint density at radius 2 is 2.00 bits per heavy atom. The van der Waals surface area contributed by atoms with Gasteiger partial charge in [-0.25, -0.2) is 0 Å². The van der Waals surface area contributed by atoms with Gasteiger partial charge < -0.3 is 15.0 Å². The summed E-state index contributed by atoms with van der Waals surface area (Å²) in [6.45, 7) is 8.82. The van der Waals surface area contributed by atoms with Gasteiger partial charge in [0.1, 0.15) is 0 Å². The van der Waals surface area contributed by atoms with Crippen LogP contribution in [0.1, 0.15) is 37.0 Å². The Morgan fingerprint density at radius 1 is 1.24 bits per heavy atom. The number of morpholine rings is 1. The first-order valence-electron chi connectivity index (χ1n) is 8.99. The monoisotopic (exact) mass is 345 g/mol. The number of rotatable bonds is 5. The van der Waals surface area contributed by atoms with Crippen LogP contribution in [0.4, 0.5) is 5.69 Å². The quantitative estimate of drug-likeness (QED) is 0.882. The lowest BCUT2D eigenvalue weighted by Gasteiger charge is -2.40. The van der Waals surface area contributed by atoms with Crippen LogP contribution in [-0.4, -0.2) is 61.6 Å². The minimum Gasteiger partial charge on any atom is -0.379 e. The number of benzene rings is 1. The van der Waals surface area contributed by atoms with E-state index < -0.39 is 0 Å². The molecular weight excluding hydrogens is 318 g/mol. The van der Waals surface area contributed by atoms with E-state index in [4.69, 9.17) is 4.74 Å². The van der Waals surface area contributed by atoms with Gasteiger partial charge in [-0.2, -0.15) is 0 Å². The van der Waals surface area contributed by atoms with Gasteiger partial charge in [0.25, 0.3) is 5.91 Å². The van der Waals surface area contributed by atoms with Gasteiger partial charge in [-0.3, -0.25) is 14.5 Å². The fraction of sp³-hybridized carbons (Fsp3) is 0.579. The van der Waals surface area contributed by atoms with Crippen molar-refractivity contribution in [1.82, 2.24) is 10.2 Å². The Labute approximate surface area is 149 Å². The highest BCUT2D eigenvalue weighted by molar-refractivity contribution is 5.99. The van der Waals surface area contributed by atoms with Crippen molar-refractivity contribution in [3.8, 4) is 0 Å². The molecule has 2 aliphatic rings. The van der Waals surface area contributed by atoms with E-state index in [0.717, 1.165) is 45.0 Å². The molecule has 25 heavy (non-hydrogen) atoms. The summed E-state index contributed by atoms with van der Waals surface area (Å²) in [6, 6.07) is 7.32. The van der Waals surface area contributed by atoms with E-state index in [-0.39, 0.29) is 17.4 Å². The van der Waals surface area contributed by atoms with Crippen molar-refractivity contribution in [1.29, 1.82) is 0 Å². The lowest BCUT2D eigenvalue weighted by molar-refractivity contribution is -0.117. The van der Waals surface area contributed by atoms with Crippen LogP contribution in [0.25, 0.3) is 0 Å². The molecule has 2 fully saturated rings. The summed E-state index contributed by atoms with van der Waals surface area (Å²) in [4.78, 5) is 28.6. The van der Waals surface area contributed by atoms with Crippen molar-refractivity contribution in [2.75, 3.05) is 44.3 Å². The third kappa shape index (κ3) is 4.19. The van der Waals surface area contributed by atoms with Crippen LogP contribution in [-0.2, 0) is 9.53 Å². The molecular formula is C19H27N3O3. The predicted octanol–water partition coefficient (Wildman–Crippen LogP) is 1.65. The number of carbonyl (C=O) groups is 2. The van der Waals surface area contributed by atoms with Gasteiger partial charge in [-0.1, -0.05) is 6.07 Å². The first-order chi connectivity index (χ1) is 12.0. The van der Waals surface area contributed by atoms with Crippen LogP contribution in [0.5, 0.6) is 0 Å². The molecule has 0 radical (unpaired) electrons. The SMILES string of the molecule is CC(C)(CNC(=O)c1cccc(N2CCCC2=O)c1)N1CCOCC1. The average molecular weight is 345 g/mol. The summed E-state index contributed by atoms with van der Waals surface area (Å²) in [5.74, 6) is 0.0286. The van der Waals surface area contributed by atoms with Crippen LogP contribution in [0.3, 0.4) is 0 Å². The second-order valence-corrected chi connectivity index (χ2v) is 7.29. The highest BCUT2D eigenvalue weighted by atomic mass is 16.5. The molecule has 2 saturated heterocycles. The van der Waals surface area contributed by atoms with E-state index in [2.05, 4.69) is 24.1 Å². The highest BCUT2D eigenvalue weighted by Gasteiger charge is 2.29. The molecule has 0 saturated carbocycles. The van der Waals surface area contributed by atoms with Crippen molar-refractivity contribution in [3.63, 3.8) is 0 Å². The van der Waals surface area contributed by atoms with Gasteiger partial charge in [-0.15, -0.1) is 0 Å². The van der Waals surface area contributed by atoms with Gasteiger partial charge in [0.15, 0.2) is 0 Å². The van der Waals surface area contributed by atoms with Crippen LogP contribution in [0.2, 0.25) is 0 Å². The molecule has 3 rings (SSSR count). The zero-order valence-corrected chi connectivity index (χ0v) is 15.1. The molecule has 6 heteroatoms. The topological polar surface area (TPSA) is 61.9 Å². The zero-order valence-electron chi connectivity index (χ0n) is 15.1. The Morgan fingerprint density at radius 3 is 2.68 bits per heavy atom. The maximum Gasteiger partial charge on any atom is 0.251 e. The Kier molecular flexibility index (Phi) is 5.39. The van der Waals surface area contributed by atoms with E-state index in [1.807, 2.05) is 12.1 Å². The van der Waals surface area contributed by atoms with Crippen molar-refractivity contribution in [3.05, 3.63) is 29.8 Å². The molecule has 1 N–H and O–H groups in total. The van der Waals surface area contributed by atoms with Crippen LogP contribution in [0, 0.1) is 0 Å². The first-order valence-corrected chi connectivity index (χ1v) is 8.99. The number of nitrogens with zero attached hydrogens (tertiary/aromatic N) is 2. The van der Waals surface area contributed by atoms with Crippen LogP contribution in [0.15, 0.2) is 24.3 Å². The van der Waals surface area contributed by atoms with Gasteiger partial charge in [-0.05, 0) is 38.5 Å². The van der Waals surface area contributed by atoms with Crippen molar-refractivity contribution in [2.24, 2.45) is 0 Å². The molecule has 6 nitrogen and oxygen atoms in total. The minimum atomic E-state index is -0.123. The Hall–Kier alpha value is -1.92. The molecule has 0 aromatic heterocycles. The van der Waals surface area contributed by atoms with E-state index >= 15 is 0 Å². The van der Waals surface area contributed by atoms with Gasteiger partial charge in [0, 0.05) is 49.4 Å². The van der Waals surface area contributed by atoms with Crippen molar-refractivity contribution < 1.29 is 14.3 Å². The summed E-state index contributed by atoms with van der Waals surface area (Å²) in [5.41, 5.74) is 1.28. The molecule has 136 valence electrons. The molecule has 2 heterocycles. The summed E-state index contributed by atoms with van der Waals surface area (Å²) in [5, 5.41) is 3.04. The summed E-state index contributed by atoms with van der Waals surface area (Å²) in [6.07, 6.45) is 1.47. The molecule has 0 unspecified atom stereocenters. The fourth-order valence-electron chi connectivity index (χ4n) is 3.42. The maximum absolute atomic E-state index is 12.6. The van der Waals surface area contributed by atoms with E-state index in [0.29, 0.717) is 18.5 Å². The number of amides is 2. The smallest absolute Gasteiger partial charge is 0.251 e. The molecule has 0 aliphatic carbocycles.